The SMILES string of the molecule is C/C(=N/NC(=O)C1CC1)c1ccc(F)cc1F. The first-order valence-electron chi connectivity index (χ1n) is 5.37. The number of halogens is 2. The molecule has 1 N–H and O–H groups in total. The zero-order chi connectivity index (χ0) is 12.4. The highest BCUT2D eigenvalue weighted by Gasteiger charge is 2.29. The average molecular weight is 238 g/mol. The molecule has 0 saturated heterocycles. The van der Waals surface area contributed by atoms with Crippen molar-refractivity contribution in [3.8, 4) is 0 Å². The van der Waals surface area contributed by atoms with E-state index in [2.05, 4.69) is 10.5 Å². The van der Waals surface area contributed by atoms with Gasteiger partial charge in [0.05, 0.1) is 5.71 Å². The van der Waals surface area contributed by atoms with E-state index in [9.17, 15) is 13.6 Å². The number of benzene rings is 1. The van der Waals surface area contributed by atoms with Crippen molar-refractivity contribution in [3.63, 3.8) is 0 Å². The summed E-state index contributed by atoms with van der Waals surface area (Å²) in [5, 5.41) is 3.80. The van der Waals surface area contributed by atoms with Crippen LogP contribution in [-0.2, 0) is 4.79 Å². The Hall–Kier alpha value is -1.78. The Morgan fingerprint density at radius 2 is 2.12 bits per heavy atom. The second kappa shape index (κ2) is 4.61. The predicted molar refractivity (Wildman–Crippen MR) is 59.4 cm³/mol. The van der Waals surface area contributed by atoms with Crippen molar-refractivity contribution in [1.82, 2.24) is 5.43 Å². The topological polar surface area (TPSA) is 41.5 Å². The molecule has 3 nitrogen and oxygen atoms in total. The highest BCUT2D eigenvalue weighted by Crippen LogP contribution is 2.28. The van der Waals surface area contributed by atoms with Crippen molar-refractivity contribution >= 4 is 11.6 Å². The van der Waals surface area contributed by atoms with Gasteiger partial charge >= 0.3 is 0 Å². The van der Waals surface area contributed by atoms with Gasteiger partial charge in [-0.25, -0.2) is 14.2 Å². The van der Waals surface area contributed by atoms with Gasteiger partial charge < -0.3 is 0 Å². The van der Waals surface area contributed by atoms with Crippen LogP contribution in [0.4, 0.5) is 8.78 Å². The molecule has 0 aromatic heterocycles. The van der Waals surface area contributed by atoms with E-state index in [0.29, 0.717) is 5.71 Å². The lowest BCUT2D eigenvalue weighted by molar-refractivity contribution is -0.122. The first kappa shape index (κ1) is 11.7. The van der Waals surface area contributed by atoms with Gasteiger partial charge in [0, 0.05) is 17.5 Å². The summed E-state index contributed by atoms with van der Waals surface area (Å²) in [5.41, 5.74) is 2.87. The molecule has 0 atom stereocenters. The lowest BCUT2D eigenvalue weighted by Gasteiger charge is -2.03. The first-order chi connectivity index (χ1) is 8.08. The van der Waals surface area contributed by atoms with Crippen molar-refractivity contribution in [2.45, 2.75) is 19.8 Å². The van der Waals surface area contributed by atoms with Crippen LogP contribution in [0.5, 0.6) is 0 Å². The number of nitrogens with zero attached hydrogens (tertiary/aromatic N) is 1. The first-order valence-corrected chi connectivity index (χ1v) is 5.37. The van der Waals surface area contributed by atoms with Gasteiger partial charge in [0.2, 0.25) is 5.91 Å². The zero-order valence-corrected chi connectivity index (χ0v) is 9.34. The molecule has 90 valence electrons. The Labute approximate surface area is 97.5 Å². The van der Waals surface area contributed by atoms with Crippen LogP contribution in [0.15, 0.2) is 23.3 Å². The van der Waals surface area contributed by atoms with E-state index < -0.39 is 11.6 Å². The van der Waals surface area contributed by atoms with Gasteiger partial charge in [0.15, 0.2) is 0 Å². The van der Waals surface area contributed by atoms with Gasteiger partial charge in [-0.15, -0.1) is 0 Å². The second-order valence-electron chi connectivity index (χ2n) is 4.07. The molecule has 1 aliphatic carbocycles. The number of nitrogens with one attached hydrogen (secondary N) is 1. The van der Waals surface area contributed by atoms with Crippen LogP contribution >= 0.6 is 0 Å². The molecular weight excluding hydrogens is 226 g/mol. The highest BCUT2D eigenvalue weighted by atomic mass is 19.1. The average Bonchev–Trinajstić information content (AvgIpc) is 3.09. The van der Waals surface area contributed by atoms with Gasteiger partial charge in [-0.2, -0.15) is 5.10 Å². The molecule has 1 aromatic rings. The number of hydrogen-bond acceptors (Lipinski definition) is 2. The molecule has 0 bridgehead atoms. The number of amides is 1. The molecule has 0 aliphatic heterocycles. The molecule has 0 radical (unpaired) electrons. The van der Waals surface area contributed by atoms with Crippen molar-refractivity contribution in [2.24, 2.45) is 11.0 Å². The van der Waals surface area contributed by atoms with Gasteiger partial charge in [-0.1, -0.05) is 0 Å². The molecule has 17 heavy (non-hydrogen) atoms. The fourth-order valence-corrected chi connectivity index (χ4v) is 1.42. The summed E-state index contributed by atoms with van der Waals surface area (Å²) in [6, 6.07) is 3.24. The minimum atomic E-state index is -0.688. The summed E-state index contributed by atoms with van der Waals surface area (Å²) < 4.78 is 26.1. The molecule has 1 aliphatic rings. The molecular formula is C12H12F2N2O. The van der Waals surface area contributed by atoms with Crippen LogP contribution < -0.4 is 5.43 Å². The van der Waals surface area contributed by atoms with Gasteiger partial charge in [0.25, 0.3) is 0 Å². The number of rotatable bonds is 3. The summed E-state index contributed by atoms with van der Waals surface area (Å²) in [5.74, 6) is -1.43. The second-order valence-corrected chi connectivity index (χ2v) is 4.07. The molecule has 1 aromatic carbocycles. The van der Waals surface area contributed by atoms with E-state index in [-0.39, 0.29) is 17.4 Å². The summed E-state index contributed by atoms with van der Waals surface area (Å²) >= 11 is 0. The maximum atomic E-state index is 13.4. The van der Waals surface area contributed by atoms with E-state index >= 15 is 0 Å². The number of hydrogen-bond donors (Lipinski definition) is 1. The summed E-state index contributed by atoms with van der Waals surface area (Å²) in [6.07, 6.45) is 1.76. The maximum absolute atomic E-state index is 13.4. The van der Waals surface area contributed by atoms with Crippen LogP contribution in [-0.4, -0.2) is 11.6 Å². The number of carbonyl (C=O) groups is 1. The minimum absolute atomic E-state index is 0.0459. The Kier molecular flexibility index (Phi) is 3.17. The van der Waals surface area contributed by atoms with Crippen LogP contribution in [0.1, 0.15) is 25.3 Å². The third kappa shape index (κ3) is 2.87. The molecule has 5 heteroatoms. The van der Waals surface area contributed by atoms with Crippen LogP contribution in [0.25, 0.3) is 0 Å². The molecule has 1 fully saturated rings. The van der Waals surface area contributed by atoms with Gasteiger partial charge in [0.1, 0.15) is 11.6 Å². The molecule has 1 saturated carbocycles. The summed E-state index contributed by atoms with van der Waals surface area (Å²) in [6.45, 7) is 1.56. The van der Waals surface area contributed by atoms with Crippen LogP contribution in [0.2, 0.25) is 0 Å². The summed E-state index contributed by atoms with van der Waals surface area (Å²) in [7, 11) is 0. The largest absolute Gasteiger partial charge is 0.273 e. The van der Waals surface area contributed by atoms with Gasteiger partial charge in [-0.05, 0) is 31.9 Å². The lowest BCUT2D eigenvalue weighted by atomic mass is 10.1. The van der Waals surface area contributed by atoms with E-state index in [1.54, 1.807) is 6.92 Å². The Balaban J connectivity index is 2.09. The number of hydrazone groups is 1. The van der Waals surface area contributed by atoms with E-state index in [1.165, 1.54) is 6.07 Å². The minimum Gasteiger partial charge on any atom is -0.273 e. The van der Waals surface area contributed by atoms with E-state index in [0.717, 1.165) is 25.0 Å². The third-order valence-corrected chi connectivity index (χ3v) is 2.60. The Morgan fingerprint density at radius 1 is 1.41 bits per heavy atom. The van der Waals surface area contributed by atoms with E-state index in [4.69, 9.17) is 0 Å². The van der Waals surface area contributed by atoms with Crippen molar-refractivity contribution in [3.05, 3.63) is 35.4 Å². The van der Waals surface area contributed by atoms with Crippen LogP contribution in [0.3, 0.4) is 0 Å². The number of carbonyl (C=O) groups excluding carboxylic acids is 1. The summed E-state index contributed by atoms with van der Waals surface area (Å²) in [4.78, 5) is 11.3. The highest BCUT2D eigenvalue weighted by molar-refractivity contribution is 5.99. The van der Waals surface area contributed by atoms with Crippen molar-refractivity contribution in [1.29, 1.82) is 0 Å². The molecule has 0 unspecified atom stereocenters. The van der Waals surface area contributed by atoms with E-state index in [1.807, 2.05) is 0 Å². The Morgan fingerprint density at radius 3 is 2.71 bits per heavy atom. The predicted octanol–water partition coefficient (Wildman–Crippen LogP) is 2.21. The van der Waals surface area contributed by atoms with Crippen molar-refractivity contribution in [2.75, 3.05) is 0 Å². The normalized spacial score (nSPS) is 15.8. The van der Waals surface area contributed by atoms with Crippen molar-refractivity contribution < 1.29 is 13.6 Å². The molecule has 1 amide bonds. The standard InChI is InChI=1S/C12H12F2N2O/c1-7(15-16-12(17)8-2-3-8)10-5-4-9(13)6-11(10)14/h4-6,8H,2-3H2,1H3,(H,16,17)/b15-7-. The quantitative estimate of drug-likeness (QED) is 0.636. The fraction of sp³-hybridized carbons (Fsp3) is 0.333. The maximum Gasteiger partial charge on any atom is 0.243 e. The van der Waals surface area contributed by atoms with Gasteiger partial charge in [-0.3, -0.25) is 4.79 Å². The molecule has 0 spiro atoms. The smallest absolute Gasteiger partial charge is 0.243 e. The Bertz CT molecular complexity index is 481. The fourth-order valence-electron chi connectivity index (χ4n) is 1.42. The lowest BCUT2D eigenvalue weighted by Crippen LogP contribution is -2.20. The monoisotopic (exact) mass is 238 g/mol. The van der Waals surface area contributed by atoms with Crippen LogP contribution in [0, 0.1) is 17.6 Å². The molecule has 2 rings (SSSR count). The zero-order valence-electron chi connectivity index (χ0n) is 9.34. The third-order valence-electron chi connectivity index (χ3n) is 2.60. The molecule has 0 heterocycles.